The first-order valence-electron chi connectivity index (χ1n) is 6.94. The van der Waals surface area contributed by atoms with Crippen LogP contribution in [0.25, 0.3) is 11.4 Å². The Bertz CT molecular complexity index is 620. The van der Waals surface area contributed by atoms with E-state index < -0.39 is 0 Å². The summed E-state index contributed by atoms with van der Waals surface area (Å²) in [6, 6.07) is 5.37. The summed E-state index contributed by atoms with van der Waals surface area (Å²) in [5.41, 5.74) is 7.24. The van der Waals surface area contributed by atoms with Gasteiger partial charge in [0.1, 0.15) is 0 Å². The Morgan fingerprint density at radius 2 is 1.81 bits per heavy atom. The zero-order chi connectivity index (χ0) is 15.8. The summed E-state index contributed by atoms with van der Waals surface area (Å²) in [5.74, 6) is 0.679. The normalized spacial score (nSPS) is 12.7. The first-order valence-corrected chi connectivity index (χ1v) is 7.32. The molecular formula is C15H22ClN5. The fourth-order valence-electron chi connectivity index (χ4n) is 2.89. The average Bonchev–Trinajstić information content (AvgIpc) is 2.73. The Morgan fingerprint density at radius 3 is 2.38 bits per heavy atom. The minimum Gasteiger partial charge on any atom is -0.399 e. The van der Waals surface area contributed by atoms with Gasteiger partial charge in [0.25, 0.3) is 0 Å². The van der Waals surface area contributed by atoms with E-state index in [2.05, 4.69) is 50.1 Å². The van der Waals surface area contributed by atoms with Crippen LogP contribution in [-0.2, 0) is 5.54 Å². The molecule has 0 atom stereocenters. The molecule has 2 N–H and O–H groups in total. The van der Waals surface area contributed by atoms with Gasteiger partial charge in [0.05, 0.1) is 5.54 Å². The zero-order valence-corrected chi connectivity index (χ0v) is 13.9. The summed E-state index contributed by atoms with van der Waals surface area (Å²) < 4.78 is 1.85. The first-order chi connectivity index (χ1) is 9.58. The lowest BCUT2D eigenvalue weighted by Crippen LogP contribution is -2.33. The summed E-state index contributed by atoms with van der Waals surface area (Å²) in [4.78, 5) is 0. The van der Waals surface area contributed by atoms with E-state index >= 15 is 0 Å². The number of benzene rings is 1. The van der Waals surface area contributed by atoms with E-state index in [-0.39, 0.29) is 11.0 Å². The molecule has 1 heterocycles. The van der Waals surface area contributed by atoms with Crippen LogP contribution in [-0.4, -0.2) is 20.2 Å². The van der Waals surface area contributed by atoms with E-state index in [9.17, 15) is 0 Å². The molecule has 0 saturated carbocycles. The molecule has 2 aromatic rings. The van der Waals surface area contributed by atoms with Gasteiger partial charge in [-0.05, 0) is 54.3 Å². The predicted octanol–water partition coefficient (Wildman–Crippen LogP) is 3.75. The van der Waals surface area contributed by atoms with Crippen LogP contribution in [0.2, 0.25) is 5.02 Å². The Labute approximate surface area is 130 Å². The predicted molar refractivity (Wildman–Crippen MR) is 86.1 cm³/mol. The van der Waals surface area contributed by atoms with Crippen molar-refractivity contribution in [3.8, 4) is 11.4 Å². The summed E-state index contributed by atoms with van der Waals surface area (Å²) in [6.07, 6.45) is 0.939. The number of hydrogen-bond donors (Lipinski definition) is 1. The van der Waals surface area contributed by atoms with Gasteiger partial charge in [-0.15, -0.1) is 5.10 Å². The van der Waals surface area contributed by atoms with E-state index in [1.165, 1.54) is 0 Å². The summed E-state index contributed by atoms with van der Waals surface area (Å²) in [6.45, 7) is 10.9. The molecular weight excluding hydrogens is 286 g/mol. The highest BCUT2D eigenvalue weighted by molar-refractivity contribution is 6.31. The number of rotatable bonds is 3. The van der Waals surface area contributed by atoms with E-state index in [1.807, 2.05) is 16.8 Å². The fourth-order valence-corrected chi connectivity index (χ4v) is 3.13. The topological polar surface area (TPSA) is 69.6 Å². The first kappa shape index (κ1) is 15.8. The molecule has 0 fully saturated rings. The van der Waals surface area contributed by atoms with E-state index in [0.29, 0.717) is 16.5 Å². The standard InChI is InChI=1S/C15H22ClN5/c1-14(2,3)9-15(4,5)21-13(18-19-20-21)10-6-11(16)8-12(17)7-10/h6-8H,9,17H2,1-5H3. The fraction of sp³-hybridized carbons (Fsp3) is 0.533. The molecule has 0 amide bonds. The van der Waals surface area contributed by atoms with E-state index in [4.69, 9.17) is 17.3 Å². The van der Waals surface area contributed by atoms with Crippen molar-refractivity contribution in [2.75, 3.05) is 5.73 Å². The lowest BCUT2D eigenvalue weighted by atomic mass is 9.82. The number of nitrogen functional groups attached to an aromatic ring is 1. The number of hydrogen-bond acceptors (Lipinski definition) is 4. The molecule has 114 valence electrons. The summed E-state index contributed by atoms with van der Waals surface area (Å²) in [7, 11) is 0. The Hall–Kier alpha value is -1.62. The van der Waals surface area contributed by atoms with Gasteiger partial charge in [0.2, 0.25) is 0 Å². The second-order valence-electron chi connectivity index (χ2n) is 7.24. The number of nitrogens with two attached hydrogens (primary N) is 1. The lowest BCUT2D eigenvalue weighted by molar-refractivity contribution is 0.197. The maximum absolute atomic E-state index is 6.08. The molecule has 1 aromatic carbocycles. The van der Waals surface area contributed by atoms with Gasteiger partial charge in [-0.3, -0.25) is 0 Å². The Kier molecular flexibility index (Phi) is 3.97. The second kappa shape index (κ2) is 5.30. The van der Waals surface area contributed by atoms with Crippen molar-refractivity contribution in [2.45, 2.75) is 46.6 Å². The molecule has 5 nitrogen and oxygen atoms in total. The molecule has 0 aliphatic rings. The van der Waals surface area contributed by atoms with Crippen LogP contribution in [0.3, 0.4) is 0 Å². The summed E-state index contributed by atoms with van der Waals surface area (Å²) in [5, 5.41) is 12.7. The van der Waals surface area contributed by atoms with Crippen LogP contribution in [0.4, 0.5) is 5.69 Å². The minimum atomic E-state index is -0.214. The van der Waals surface area contributed by atoms with Crippen LogP contribution in [0.15, 0.2) is 18.2 Å². The van der Waals surface area contributed by atoms with Crippen molar-refractivity contribution >= 4 is 17.3 Å². The molecule has 0 saturated heterocycles. The quantitative estimate of drug-likeness (QED) is 0.877. The van der Waals surface area contributed by atoms with Gasteiger partial charge < -0.3 is 5.73 Å². The van der Waals surface area contributed by atoms with Crippen LogP contribution in [0, 0.1) is 5.41 Å². The third kappa shape index (κ3) is 3.73. The Morgan fingerprint density at radius 1 is 1.14 bits per heavy atom. The van der Waals surface area contributed by atoms with E-state index in [0.717, 1.165) is 12.0 Å². The van der Waals surface area contributed by atoms with Crippen molar-refractivity contribution < 1.29 is 0 Å². The van der Waals surface area contributed by atoms with E-state index in [1.54, 1.807) is 6.07 Å². The van der Waals surface area contributed by atoms with Gasteiger partial charge in [0.15, 0.2) is 5.82 Å². The number of aromatic nitrogens is 4. The van der Waals surface area contributed by atoms with Gasteiger partial charge in [-0.2, -0.15) is 0 Å². The SMILES string of the molecule is CC(C)(C)CC(C)(C)n1nnnc1-c1cc(N)cc(Cl)c1. The number of tetrazole rings is 1. The van der Waals surface area contributed by atoms with Crippen molar-refractivity contribution in [2.24, 2.45) is 5.41 Å². The zero-order valence-electron chi connectivity index (χ0n) is 13.2. The Balaban J connectivity index is 2.47. The molecule has 0 aliphatic heterocycles. The molecule has 6 heteroatoms. The van der Waals surface area contributed by atoms with Gasteiger partial charge >= 0.3 is 0 Å². The van der Waals surface area contributed by atoms with Crippen molar-refractivity contribution in [1.29, 1.82) is 0 Å². The molecule has 21 heavy (non-hydrogen) atoms. The van der Waals surface area contributed by atoms with Crippen LogP contribution < -0.4 is 5.73 Å². The average molecular weight is 308 g/mol. The molecule has 2 rings (SSSR count). The van der Waals surface area contributed by atoms with Crippen molar-refractivity contribution in [1.82, 2.24) is 20.2 Å². The monoisotopic (exact) mass is 307 g/mol. The highest BCUT2D eigenvalue weighted by Crippen LogP contribution is 2.34. The maximum atomic E-state index is 6.08. The molecule has 0 radical (unpaired) electrons. The van der Waals surface area contributed by atoms with Crippen LogP contribution in [0.5, 0.6) is 0 Å². The second-order valence-corrected chi connectivity index (χ2v) is 7.67. The molecule has 0 unspecified atom stereocenters. The lowest BCUT2D eigenvalue weighted by Gasteiger charge is -2.32. The highest BCUT2D eigenvalue weighted by atomic mass is 35.5. The molecule has 1 aromatic heterocycles. The number of anilines is 1. The third-order valence-corrected chi connectivity index (χ3v) is 3.40. The molecule has 0 aliphatic carbocycles. The largest absolute Gasteiger partial charge is 0.399 e. The molecule has 0 bridgehead atoms. The highest BCUT2D eigenvalue weighted by Gasteiger charge is 2.31. The number of nitrogens with zero attached hydrogens (tertiary/aromatic N) is 4. The van der Waals surface area contributed by atoms with Gasteiger partial charge in [-0.1, -0.05) is 32.4 Å². The van der Waals surface area contributed by atoms with Crippen molar-refractivity contribution in [3.05, 3.63) is 23.2 Å². The maximum Gasteiger partial charge on any atom is 0.182 e. The van der Waals surface area contributed by atoms with Crippen molar-refractivity contribution in [3.63, 3.8) is 0 Å². The van der Waals surface area contributed by atoms with Gasteiger partial charge in [0, 0.05) is 16.3 Å². The number of halogens is 1. The smallest absolute Gasteiger partial charge is 0.182 e. The van der Waals surface area contributed by atoms with Crippen LogP contribution >= 0.6 is 11.6 Å². The summed E-state index contributed by atoms with van der Waals surface area (Å²) >= 11 is 6.08. The van der Waals surface area contributed by atoms with Crippen LogP contribution in [0.1, 0.15) is 41.0 Å². The minimum absolute atomic E-state index is 0.167. The molecule has 0 spiro atoms. The van der Waals surface area contributed by atoms with Gasteiger partial charge in [-0.25, -0.2) is 4.68 Å². The third-order valence-electron chi connectivity index (χ3n) is 3.18.